The summed E-state index contributed by atoms with van der Waals surface area (Å²) in [5.41, 5.74) is -0.574. The molecule has 0 N–H and O–H groups in total. The minimum atomic E-state index is -4.51. The average molecular weight is 364 g/mol. The summed E-state index contributed by atoms with van der Waals surface area (Å²) >= 11 is 5.78. The van der Waals surface area contributed by atoms with Crippen LogP contribution in [0.15, 0.2) is 30.9 Å². The highest BCUT2D eigenvalue weighted by atomic mass is 35.5. The molecule has 1 fully saturated rings. The van der Waals surface area contributed by atoms with Gasteiger partial charge >= 0.3 is 6.18 Å². The Bertz CT molecular complexity index is 601. The van der Waals surface area contributed by atoms with E-state index in [1.54, 1.807) is 0 Å². The van der Waals surface area contributed by atoms with Crippen molar-refractivity contribution < 1.29 is 27.4 Å². The first-order valence-electron chi connectivity index (χ1n) is 7.27. The maximum Gasteiger partial charge on any atom is 0.416 e. The summed E-state index contributed by atoms with van der Waals surface area (Å²) < 4.78 is 49.4. The van der Waals surface area contributed by atoms with Crippen LogP contribution in [-0.4, -0.2) is 43.3 Å². The third-order valence-corrected chi connectivity index (χ3v) is 3.67. The van der Waals surface area contributed by atoms with Crippen molar-refractivity contribution in [2.75, 3.05) is 26.4 Å². The Hall–Kier alpha value is -1.57. The van der Waals surface area contributed by atoms with Crippen molar-refractivity contribution in [1.29, 1.82) is 0 Å². The van der Waals surface area contributed by atoms with E-state index in [0.29, 0.717) is 19.8 Å². The predicted molar refractivity (Wildman–Crippen MR) is 82.6 cm³/mol. The first-order chi connectivity index (χ1) is 11.3. The van der Waals surface area contributed by atoms with Crippen molar-refractivity contribution in [2.24, 2.45) is 0 Å². The van der Waals surface area contributed by atoms with Gasteiger partial charge in [-0.15, -0.1) is 0 Å². The molecule has 1 aromatic carbocycles. The van der Waals surface area contributed by atoms with Gasteiger partial charge in [0, 0.05) is 18.1 Å². The van der Waals surface area contributed by atoms with E-state index in [0.717, 1.165) is 18.2 Å². The lowest BCUT2D eigenvalue weighted by atomic mass is 10.1. The summed E-state index contributed by atoms with van der Waals surface area (Å²) in [7, 11) is 0. The molecule has 1 aliphatic rings. The Balaban J connectivity index is 2.17. The van der Waals surface area contributed by atoms with E-state index >= 15 is 0 Å². The van der Waals surface area contributed by atoms with Crippen molar-refractivity contribution in [3.63, 3.8) is 0 Å². The summed E-state index contributed by atoms with van der Waals surface area (Å²) in [5.74, 6) is -0.405. The predicted octanol–water partition coefficient (Wildman–Crippen LogP) is 3.29. The van der Waals surface area contributed by atoms with Crippen LogP contribution in [0, 0.1) is 0 Å². The van der Waals surface area contributed by atoms with Crippen molar-refractivity contribution in [1.82, 2.24) is 4.90 Å². The third-order valence-electron chi connectivity index (χ3n) is 3.45. The quantitative estimate of drug-likeness (QED) is 0.754. The molecule has 132 valence electrons. The van der Waals surface area contributed by atoms with Gasteiger partial charge in [0.25, 0.3) is 0 Å². The van der Waals surface area contributed by atoms with Crippen LogP contribution >= 0.6 is 11.6 Å². The fourth-order valence-electron chi connectivity index (χ4n) is 2.38. The van der Waals surface area contributed by atoms with Gasteiger partial charge in [0.15, 0.2) is 0 Å². The highest BCUT2D eigenvalue weighted by Gasteiger charge is 2.31. The second-order valence-corrected chi connectivity index (χ2v) is 5.77. The van der Waals surface area contributed by atoms with Gasteiger partial charge in [-0.2, -0.15) is 13.2 Å². The molecular weight excluding hydrogens is 347 g/mol. The zero-order valence-corrected chi connectivity index (χ0v) is 13.6. The fraction of sp³-hybridized carbons (Fsp3) is 0.438. The molecule has 0 spiro atoms. The SMILES string of the molecule is C=CC(=O)N(Cc1cc(Cl)cc(C(F)(F)F)c1)CC1COCCO1. The van der Waals surface area contributed by atoms with Crippen molar-refractivity contribution >= 4 is 17.5 Å². The number of hydrogen-bond acceptors (Lipinski definition) is 3. The highest BCUT2D eigenvalue weighted by Crippen LogP contribution is 2.32. The summed E-state index contributed by atoms with van der Waals surface area (Å²) in [4.78, 5) is 13.4. The van der Waals surface area contributed by atoms with Crippen molar-refractivity contribution in [2.45, 2.75) is 18.8 Å². The van der Waals surface area contributed by atoms with E-state index in [1.807, 2.05) is 0 Å². The second-order valence-electron chi connectivity index (χ2n) is 5.34. The van der Waals surface area contributed by atoms with Crippen LogP contribution in [0.1, 0.15) is 11.1 Å². The number of halogens is 4. The van der Waals surface area contributed by atoms with Crippen LogP contribution in [0.25, 0.3) is 0 Å². The van der Waals surface area contributed by atoms with Gasteiger partial charge in [-0.25, -0.2) is 0 Å². The molecule has 1 heterocycles. The zero-order chi connectivity index (χ0) is 17.7. The standard InChI is InChI=1S/C16H17ClF3NO3/c1-2-15(22)21(9-14-10-23-3-4-24-14)8-11-5-12(16(18,19)20)7-13(17)6-11/h2,5-7,14H,1,3-4,8-10H2. The van der Waals surface area contributed by atoms with Crippen LogP contribution < -0.4 is 0 Å². The van der Waals surface area contributed by atoms with Crippen molar-refractivity contribution in [3.05, 3.63) is 47.0 Å². The number of ether oxygens (including phenoxy) is 2. The topological polar surface area (TPSA) is 38.8 Å². The summed E-state index contributed by atoms with van der Waals surface area (Å²) in [5, 5.41) is -0.0388. The van der Waals surface area contributed by atoms with Gasteiger partial charge in [0.2, 0.25) is 5.91 Å². The van der Waals surface area contributed by atoms with Crippen LogP contribution in [0.4, 0.5) is 13.2 Å². The Labute approximate surface area is 142 Å². The molecule has 1 aromatic rings. The number of carbonyl (C=O) groups is 1. The maximum atomic E-state index is 12.9. The van der Waals surface area contributed by atoms with Crippen LogP contribution in [0.3, 0.4) is 0 Å². The number of amides is 1. The van der Waals surface area contributed by atoms with Gasteiger partial charge in [-0.3, -0.25) is 4.79 Å². The highest BCUT2D eigenvalue weighted by molar-refractivity contribution is 6.30. The maximum absolute atomic E-state index is 12.9. The Morgan fingerprint density at radius 1 is 1.38 bits per heavy atom. The molecule has 1 atom stereocenters. The lowest BCUT2D eigenvalue weighted by molar-refractivity contribution is -0.137. The number of alkyl halides is 3. The van der Waals surface area contributed by atoms with Crippen LogP contribution in [-0.2, 0) is 27.0 Å². The first kappa shape index (κ1) is 18.8. The Morgan fingerprint density at radius 3 is 2.71 bits per heavy atom. The van der Waals surface area contributed by atoms with E-state index in [-0.39, 0.29) is 29.8 Å². The largest absolute Gasteiger partial charge is 0.416 e. The molecule has 4 nitrogen and oxygen atoms in total. The fourth-order valence-corrected chi connectivity index (χ4v) is 2.63. The lowest BCUT2D eigenvalue weighted by Crippen LogP contribution is -2.41. The van der Waals surface area contributed by atoms with E-state index in [2.05, 4.69) is 6.58 Å². The Kier molecular flexibility index (Phi) is 6.26. The molecule has 2 rings (SSSR count). The van der Waals surface area contributed by atoms with E-state index in [9.17, 15) is 18.0 Å². The number of carbonyl (C=O) groups excluding carboxylic acids is 1. The van der Waals surface area contributed by atoms with Crippen molar-refractivity contribution in [3.8, 4) is 0 Å². The van der Waals surface area contributed by atoms with Gasteiger partial charge in [-0.1, -0.05) is 18.2 Å². The summed E-state index contributed by atoms with van der Waals surface area (Å²) in [6, 6.07) is 3.23. The van der Waals surface area contributed by atoms with E-state index in [1.165, 1.54) is 11.0 Å². The van der Waals surface area contributed by atoms with Crippen LogP contribution in [0.2, 0.25) is 5.02 Å². The minimum absolute atomic E-state index is 0.0334. The van der Waals surface area contributed by atoms with Gasteiger partial charge in [0.05, 0.1) is 31.5 Å². The zero-order valence-electron chi connectivity index (χ0n) is 12.8. The molecule has 8 heteroatoms. The van der Waals surface area contributed by atoms with Gasteiger partial charge in [0.1, 0.15) is 0 Å². The third kappa shape index (κ3) is 5.22. The molecule has 1 aliphatic heterocycles. The first-order valence-corrected chi connectivity index (χ1v) is 7.64. The molecule has 24 heavy (non-hydrogen) atoms. The molecule has 1 amide bonds. The monoisotopic (exact) mass is 363 g/mol. The molecule has 1 unspecified atom stereocenters. The summed E-state index contributed by atoms with van der Waals surface area (Å²) in [6.07, 6.45) is -3.73. The van der Waals surface area contributed by atoms with E-state index in [4.69, 9.17) is 21.1 Å². The summed E-state index contributed by atoms with van der Waals surface area (Å²) in [6.45, 7) is 4.80. The minimum Gasteiger partial charge on any atom is -0.376 e. The normalized spacial score (nSPS) is 18.2. The smallest absolute Gasteiger partial charge is 0.376 e. The molecule has 0 radical (unpaired) electrons. The number of rotatable bonds is 5. The number of benzene rings is 1. The van der Waals surface area contributed by atoms with Crippen LogP contribution in [0.5, 0.6) is 0 Å². The molecule has 1 saturated heterocycles. The average Bonchev–Trinajstić information content (AvgIpc) is 2.53. The number of nitrogens with zero attached hydrogens (tertiary/aromatic N) is 1. The molecule has 0 aliphatic carbocycles. The Morgan fingerprint density at radius 2 is 2.12 bits per heavy atom. The molecular formula is C16H17ClF3NO3. The molecule has 0 saturated carbocycles. The molecule has 0 bridgehead atoms. The lowest BCUT2D eigenvalue weighted by Gasteiger charge is -2.29. The van der Waals surface area contributed by atoms with Gasteiger partial charge < -0.3 is 14.4 Å². The van der Waals surface area contributed by atoms with Gasteiger partial charge in [-0.05, 0) is 29.8 Å². The number of hydrogen-bond donors (Lipinski definition) is 0. The second kappa shape index (κ2) is 8.00. The molecule has 0 aromatic heterocycles. The van der Waals surface area contributed by atoms with E-state index < -0.39 is 17.6 Å².